The molecule has 1 aliphatic heterocycles. The van der Waals surface area contributed by atoms with Crippen molar-refractivity contribution >= 4 is 5.91 Å². The maximum Gasteiger partial charge on any atom is 0.287 e. The fourth-order valence-corrected chi connectivity index (χ4v) is 2.66. The minimum absolute atomic E-state index is 0.167. The number of fused-ring (bicyclic) bond motifs is 1. The zero-order chi connectivity index (χ0) is 16.5. The summed E-state index contributed by atoms with van der Waals surface area (Å²) >= 11 is 0. The van der Waals surface area contributed by atoms with Crippen LogP contribution in [0.4, 0.5) is 0 Å². The van der Waals surface area contributed by atoms with Gasteiger partial charge in [0.1, 0.15) is 5.69 Å². The lowest BCUT2D eigenvalue weighted by molar-refractivity contribution is 0.00162. The fourth-order valence-electron chi connectivity index (χ4n) is 2.66. The van der Waals surface area contributed by atoms with E-state index in [0.29, 0.717) is 19.7 Å². The van der Waals surface area contributed by atoms with Gasteiger partial charge in [-0.1, -0.05) is 5.21 Å². The first-order valence-corrected chi connectivity index (χ1v) is 7.55. The molecule has 1 atom stereocenters. The molecule has 0 saturated heterocycles. The second-order valence-electron chi connectivity index (χ2n) is 5.59. The highest BCUT2D eigenvalue weighted by Gasteiger charge is 2.25. The molecule has 3 aromatic rings. The number of carbonyl (C=O) groups is 1. The Labute approximate surface area is 137 Å². The van der Waals surface area contributed by atoms with Crippen LogP contribution >= 0.6 is 0 Å². The standard InChI is InChI=1S/C15H16N6O3/c1-20-7-10(5-17-20)14-12-9-24-11(8-21(12)19-18-14)6-16-15(22)13-3-2-4-23-13/h2-5,7,11H,6,8-9H2,1H3,(H,16,22). The first-order valence-electron chi connectivity index (χ1n) is 7.55. The number of nitrogens with one attached hydrogen (secondary N) is 1. The van der Waals surface area contributed by atoms with Crippen molar-refractivity contribution < 1.29 is 13.9 Å². The summed E-state index contributed by atoms with van der Waals surface area (Å²) in [6.07, 6.45) is 4.94. The van der Waals surface area contributed by atoms with E-state index < -0.39 is 0 Å². The quantitative estimate of drug-likeness (QED) is 0.753. The van der Waals surface area contributed by atoms with Crippen molar-refractivity contribution in [3.63, 3.8) is 0 Å². The Balaban J connectivity index is 1.41. The summed E-state index contributed by atoms with van der Waals surface area (Å²) in [6.45, 7) is 1.29. The molecule has 24 heavy (non-hydrogen) atoms. The Kier molecular flexibility index (Phi) is 3.62. The van der Waals surface area contributed by atoms with Gasteiger partial charge in [-0.2, -0.15) is 5.10 Å². The maximum absolute atomic E-state index is 11.9. The predicted molar refractivity (Wildman–Crippen MR) is 81.8 cm³/mol. The van der Waals surface area contributed by atoms with Gasteiger partial charge in [-0.25, -0.2) is 4.68 Å². The number of rotatable bonds is 4. The normalized spacial score (nSPS) is 16.8. The molecule has 4 heterocycles. The molecule has 9 heteroatoms. The highest BCUT2D eigenvalue weighted by molar-refractivity contribution is 5.91. The first-order chi connectivity index (χ1) is 11.7. The van der Waals surface area contributed by atoms with Crippen molar-refractivity contribution in [2.24, 2.45) is 7.05 Å². The lowest BCUT2D eigenvalue weighted by Crippen LogP contribution is -2.39. The van der Waals surface area contributed by atoms with E-state index in [1.54, 1.807) is 23.0 Å². The minimum Gasteiger partial charge on any atom is -0.459 e. The molecule has 0 aromatic carbocycles. The summed E-state index contributed by atoms with van der Waals surface area (Å²) in [5, 5.41) is 15.4. The zero-order valence-corrected chi connectivity index (χ0v) is 13.0. The number of ether oxygens (including phenoxy) is 1. The summed E-state index contributed by atoms with van der Waals surface area (Å²) in [5.74, 6) is 0.0233. The number of nitrogens with zero attached hydrogens (tertiary/aromatic N) is 5. The molecule has 0 bridgehead atoms. The van der Waals surface area contributed by atoms with Crippen LogP contribution in [0.25, 0.3) is 11.3 Å². The third-order valence-corrected chi connectivity index (χ3v) is 3.88. The lowest BCUT2D eigenvalue weighted by atomic mass is 10.2. The molecule has 3 aromatic heterocycles. The van der Waals surface area contributed by atoms with E-state index >= 15 is 0 Å². The van der Waals surface area contributed by atoms with E-state index in [2.05, 4.69) is 20.7 Å². The van der Waals surface area contributed by atoms with Crippen LogP contribution in [0.2, 0.25) is 0 Å². The third kappa shape index (κ3) is 2.69. The summed E-state index contributed by atoms with van der Waals surface area (Å²) < 4.78 is 14.4. The van der Waals surface area contributed by atoms with Crippen LogP contribution in [0.15, 0.2) is 35.2 Å². The number of carbonyl (C=O) groups excluding carboxylic acids is 1. The molecule has 1 aliphatic rings. The van der Waals surface area contributed by atoms with Crippen LogP contribution in [0.5, 0.6) is 0 Å². The largest absolute Gasteiger partial charge is 0.459 e. The van der Waals surface area contributed by atoms with Gasteiger partial charge in [-0.15, -0.1) is 5.10 Å². The van der Waals surface area contributed by atoms with E-state index in [9.17, 15) is 4.79 Å². The van der Waals surface area contributed by atoms with E-state index in [1.165, 1.54) is 6.26 Å². The summed E-state index contributed by atoms with van der Waals surface area (Å²) in [7, 11) is 1.85. The van der Waals surface area contributed by atoms with Crippen LogP contribution < -0.4 is 5.32 Å². The second-order valence-corrected chi connectivity index (χ2v) is 5.59. The molecular weight excluding hydrogens is 312 g/mol. The van der Waals surface area contributed by atoms with Gasteiger partial charge in [-0.05, 0) is 12.1 Å². The molecular formula is C15H16N6O3. The van der Waals surface area contributed by atoms with E-state index in [4.69, 9.17) is 9.15 Å². The lowest BCUT2D eigenvalue weighted by Gasteiger charge is -2.24. The molecule has 1 unspecified atom stereocenters. The van der Waals surface area contributed by atoms with Gasteiger partial charge >= 0.3 is 0 Å². The predicted octanol–water partition coefficient (Wildman–Crippen LogP) is 0.600. The summed E-state index contributed by atoms with van der Waals surface area (Å²) in [6, 6.07) is 3.29. The monoisotopic (exact) mass is 328 g/mol. The Hall–Kier alpha value is -2.94. The van der Waals surface area contributed by atoms with E-state index in [-0.39, 0.29) is 17.8 Å². The van der Waals surface area contributed by atoms with Crippen LogP contribution in [0, 0.1) is 0 Å². The summed E-state index contributed by atoms with van der Waals surface area (Å²) in [5.41, 5.74) is 2.60. The van der Waals surface area contributed by atoms with Gasteiger partial charge in [0.25, 0.3) is 5.91 Å². The Morgan fingerprint density at radius 3 is 3.17 bits per heavy atom. The molecule has 124 valence electrons. The van der Waals surface area contributed by atoms with Crippen LogP contribution in [-0.4, -0.2) is 43.3 Å². The van der Waals surface area contributed by atoms with Crippen molar-refractivity contribution in [1.29, 1.82) is 0 Å². The van der Waals surface area contributed by atoms with Crippen LogP contribution in [0.3, 0.4) is 0 Å². The topological polar surface area (TPSA) is 100 Å². The Bertz CT molecular complexity index is 851. The van der Waals surface area contributed by atoms with E-state index in [0.717, 1.165) is 17.0 Å². The smallest absolute Gasteiger partial charge is 0.287 e. The van der Waals surface area contributed by atoms with Gasteiger partial charge in [-0.3, -0.25) is 9.48 Å². The van der Waals surface area contributed by atoms with Crippen molar-refractivity contribution in [1.82, 2.24) is 30.1 Å². The van der Waals surface area contributed by atoms with Gasteiger partial charge in [0.2, 0.25) is 0 Å². The third-order valence-electron chi connectivity index (χ3n) is 3.88. The average Bonchev–Trinajstić information content (AvgIpc) is 3.32. The fraction of sp³-hybridized carbons (Fsp3) is 0.333. The van der Waals surface area contributed by atoms with Crippen LogP contribution in [0.1, 0.15) is 16.2 Å². The van der Waals surface area contributed by atoms with Gasteiger partial charge in [0.05, 0.1) is 37.4 Å². The number of hydrogen-bond acceptors (Lipinski definition) is 6. The van der Waals surface area contributed by atoms with Gasteiger partial charge in [0.15, 0.2) is 5.76 Å². The molecule has 0 aliphatic carbocycles. The van der Waals surface area contributed by atoms with Gasteiger partial charge in [0, 0.05) is 25.4 Å². The number of furan rings is 1. The van der Waals surface area contributed by atoms with E-state index in [1.807, 2.05) is 17.9 Å². The number of aromatic nitrogens is 5. The van der Waals surface area contributed by atoms with Crippen LogP contribution in [-0.2, 0) is 24.9 Å². The second kappa shape index (κ2) is 5.93. The highest BCUT2D eigenvalue weighted by Crippen LogP contribution is 2.24. The molecule has 0 spiro atoms. The molecule has 1 N–H and O–H groups in total. The molecule has 0 radical (unpaired) electrons. The summed E-state index contributed by atoms with van der Waals surface area (Å²) in [4.78, 5) is 11.9. The van der Waals surface area contributed by atoms with Crippen molar-refractivity contribution in [3.8, 4) is 11.3 Å². The van der Waals surface area contributed by atoms with Crippen molar-refractivity contribution in [3.05, 3.63) is 42.2 Å². The number of aryl methyl sites for hydroxylation is 1. The Morgan fingerprint density at radius 2 is 2.42 bits per heavy atom. The minimum atomic E-state index is -0.260. The molecule has 4 rings (SSSR count). The first kappa shape index (κ1) is 14.6. The van der Waals surface area contributed by atoms with Gasteiger partial charge < -0.3 is 14.5 Å². The molecule has 1 amide bonds. The SMILES string of the molecule is Cn1cc(-c2nnn3c2COC(CNC(=O)c2ccco2)C3)cn1. The van der Waals surface area contributed by atoms with Crippen molar-refractivity contribution in [2.75, 3.05) is 6.54 Å². The number of hydrogen-bond donors (Lipinski definition) is 1. The molecule has 0 saturated carbocycles. The maximum atomic E-state index is 11.9. The zero-order valence-electron chi connectivity index (χ0n) is 13.0. The van der Waals surface area contributed by atoms with Crippen molar-refractivity contribution in [2.45, 2.75) is 19.3 Å². The Morgan fingerprint density at radius 1 is 1.50 bits per heavy atom. The molecule has 0 fully saturated rings. The molecule has 9 nitrogen and oxygen atoms in total. The number of amides is 1. The average molecular weight is 328 g/mol. The highest BCUT2D eigenvalue weighted by atomic mass is 16.5.